The lowest BCUT2D eigenvalue weighted by atomic mass is 9.70. The van der Waals surface area contributed by atoms with E-state index in [2.05, 4.69) is 32.3 Å². The van der Waals surface area contributed by atoms with E-state index in [0.29, 0.717) is 18.8 Å². The third-order valence-electron chi connectivity index (χ3n) is 5.47. The lowest BCUT2D eigenvalue weighted by molar-refractivity contribution is 0.0379. The smallest absolute Gasteiger partial charge is 0.216 e. The van der Waals surface area contributed by atoms with Crippen LogP contribution < -0.4 is 4.74 Å². The first-order valence-corrected chi connectivity index (χ1v) is 9.51. The van der Waals surface area contributed by atoms with Crippen LogP contribution in [0.25, 0.3) is 0 Å². The van der Waals surface area contributed by atoms with Gasteiger partial charge in [-0.05, 0) is 64.4 Å². The minimum absolute atomic E-state index is 0.202. The lowest BCUT2D eigenvalue weighted by Gasteiger charge is -2.37. The van der Waals surface area contributed by atoms with E-state index in [1.807, 2.05) is 13.8 Å². The molecule has 1 aromatic rings. The van der Waals surface area contributed by atoms with Gasteiger partial charge in [0.25, 0.3) is 0 Å². The molecule has 1 atom stereocenters. The predicted molar refractivity (Wildman–Crippen MR) is 104 cm³/mol. The molecule has 0 bridgehead atoms. The van der Waals surface area contributed by atoms with Crippen LogP contribution >= 0.6 is 0 Å². The Morgan fingerprint density at radius 1 is 1.38 bits per heavy atom. The minimum Gasteiger partial charge on any atom is -0.495 e. The SMILES string of the molecule is C=C(OCC)C(C)(CCC1=C(C)CCCC1(C)C)Oc1cccc(F)n1. The van der Waals surface area contributed by atoms with Crippen molar-refractivity contribution in [1.29, 1.82) is 0 Å². The van der Waals surface area contributed by atoms with E-state index in [-0.39, 0.29) is 11.3 Å². The molecule has 0 radical (unpaired) electrons. The van der Waals surface area contributed by atoms with E-state index in [1.54, 1.807) is 12.1 Å². The van der Waals surface area contributed by atoms with Gasteiger partial charge in [-0.2, -0.15) is 9.37 Å². The molecule has 0 aliphatic heterocycles. The number of allylic oxidation sites excluding steroid dienone is 2. The van der Waals surface area contributed by atoms with Crippen molar-refractivity contribution < 1.29 is 13.9 Å². The second-order valence-electron chi connectivity index (χ2n) is 7.98. The molecular formula is C22H32FNO2. The number of pyridine rings is 1. The highest BCUT2D eigenvalue weighted by atomic mass is 19.1. The zero-order valence-electron chi connectivity index (χ0n) is 16.8. The van der Waals surface area contributed by atoms with Crippen LogP contribution in [-0.2, 0) is 4.74 Å². The summed E-state index contributed by atoms with van der Waals surface area (Å²) in [6.07, 6.45) is 5.22. The van der Waals surface area contributed by atoms with Crippen molar-refractivity contribution in [3.05, 3.63) is 47.6 Å². The van der Waals surface area contributed by atoms with Crippen LogP contribution in [0.4, 0.5) is 4.39 Å². The Morgan fingerprint density at radius 2 is 2.12 bits per heavy atom. The second kappa shape index (κ2) is 8.24. The van der Waals surface area contributed by atoms with E-state index >= 15 is 0 Å². The summed E-state index contributed by atoms with van der Waals surface area (Å²) in [4.78, 5) is 3.84. The van der Waals surface area contributed by atoms with E-state index in [1.165, 1.54) is 30.1 Å². The van der Waals surface area contributed by atoms with Crippen molar-refractivity contribution in [2.45, 2.75) is 72.3 Å². The molecule has 0 saturated heterocycles. The summed E-state index contributed by atoms with van der Waals surface area (Å²) < 4.78 is 25.2. The lowest BCUT2D eigenvalue weighted by Crippen LogP contribution is -2.37. The van der Waals surface area contributed by atoms with Gasteiger partial charge < -0.3 is 9.47 Å². The fourth-order valence-electron chi connectivity index (χ4n) is 3.84. The summed E-state index contributed by atoms with van der Waals surface area (Å²) in [5, 5.41) is 0. The maximum Gasteiger partial charge on any atom is 0.216 e. The largest absolute Gasteiger partial charge is 0.495 e. The van der Waals surface area contributed by atoms with Crippen LogP contribution in [-0.4, -0.2) is 17.2 Å². The molecule has 26 heavy (non-hydrogen) atoms. The van der Waals surface area contributed by atoms with Crippen LogP contribution in [0.1, 0.15) is 66.7 Å². The second-order valence-corrected chi connectivity index (χ2v) is 7.98. The van der Waals surface area contributed by atoms with Gasteiger partial charge in [0.1, 0.15) is 5.76 Å². The molecule has 0 N–H and O–H groups in total. The third-order valence-corrected chi connectivity index (χ3v) is 5.47. The molecule has 0 saturated carbocycles. The van der Waals surface area contributed by atoms with Gasteiger partial charge in [0.05, 0.1) is 6.61 Å². The molecule has 4 heteroatoms. The first-order valence-electron chi connectivity index (χ1n) is 9.51. The van der Waals surface area contributed by atoms with Gasteiger partial charge in [-0.25, -0.2) is 0 Å². The zero-order valence-corrected chi connectivity index (χ0v) is 16.8. The fourth-order valence-corrected chi connectivity index (χ4v) is 3.84. The van der Waals surface area contributed by atoms with Crippen molar-refractivity contribution >= 4 is 0 Å². The first kappa shape index (κ1) is 20.5. The molecule has 1 aromatic heterocycles. The quantitative estimate of drug-likeness (QED) is 0.313. The van der Waals surface area contributed by atoms with Gasteiger partial charge in [0.2, 0.25) is 11.8 Å². The number of hydrogen-bond donors (Lipinski definition) is 0. The average molecular weight is 362 g/mol. The van der Waals surface area contributed by atoms with Gasteiger partial charge in [0, 0.05) is 6.07 Å². The minimum atomic E-state index is -0.766. The Kier molecular flexibility index (Phi) is 6.48. The monoisotopic (exact) mass is 361 g/mol. The van der Waals surface area contributed by atoms with Crippen LogP contribution in [0, 0.1) is 11.4 Å². The summed E-state index contributed by atoms with van der Waals surface area (Å²) in [5.41, 5.74) is 2.41. The number of halogens is 1. The van der Waals surface area contributed by atoms with Crippen LogP contribution in [0.5, 0.6) is 5.88 Å². The third kappa shape index (κ3) is 4.87. The van der Waals surface area contributed by atoms with Crippen molar-refractivity contribution in [3.63, 3.8) is 0 Å². The van der Waals surface area contributed by atoms with E-state index in [4.69, 9.17) is 9.47 Å². The Hall–Kier alpha value is -1.84. The molecular weight excluding hydrogens is 329 g/mol. The normalized spacial score (nSPS) is 19.0. The highest BCUT2D eigenvalue weighted by molar-refractivity contribution is 5.24. The number of ether oxygens (including phenoxy) is 2. The summed E-state index contributed by atoms with van der Waals surface area (Å²) >= 11 is 0. The number of aromatic nitrogens is 1. The molecule has 1 heterocycles. The Labute approximate surface area is 157 Å². The first-order chi connectivity index (χ1) is 12.2. The van der Waals surface area contributed by atoms with Crippen molar-refractivity contribution in [2.24, 2.45) is 5.41 Å². The Bertz CT molecular complexity index is 680. The molecule has 144 valence electrons. The number of nitrogens with zero attached hydrogens (tertiary/aromatic N) is 1. The van der Waals surface area contributed by atoms with Crippen molar-refractivity contribution in [1.82, 2.24) is 4.98 Å². The molecule has 3 nitrogen and oxygen atoms in total. The number of hydrogen-bond acceptors (Lipinski definition) is 3. The summed E-state index contributed by atoms with van der Waals surface area (Å²) in [6, 6.07) is 4.56. The summed E-state index contributed by atoms with van der Waals surface area (Å²) in [6.45, 7) is 15.3. The van der Waals surface area contributed by atoms with Crippen molar-refractivity contribution in [2.75, 3.05) is 6.61 Å². The van der Waals surface area contributed by atoms with E-state index < -0.39 is 11.5 Å². The van der Waals surface area contributed by atoms with E-state index in [0.717, 1.165) is 12.8 Å². The summed E-state index contributed by atoms with van der Waals surface area (Å²) in [5.74, 6) is 0.249. The fraction of sp³-hybridized carbons (Fsp3) is 0.591. The van der Waals surface area contributed by atoms with Crippen molar-refractivity contribution in [3.8, 4) is 5.88 Å². The van der Waals surface area contributed by atoms with Gasteiger partial charge in [-0.1, -0.05) is 37.6 Å². The molecule has 0 amide bonds. The topological polar surface area (TPSA) is 31.4 Å². The van der Waals surface area contributed by atoms with Gasteiger partial charge >= 0.3 is 0 Å². The molecule has 0 spiro atoms. The summed E-state index contributed by atoms with van der Waals surface area (Å²) in [7, 11) is 0. The van der Waals surface area contributed by atoms with Crippen LogP contribution in [0.15, 0.2) is 41.7 Å². The maximum absolute atomic E-state index is 13.5. The Balaban J connectivity index is 2.23. The zero-order chi connectivity index (χ0) is 19.4. The predicted octanol–water partition coefficient (Wildman–Crippen LogP) is 6.22. The molecule has 1 aliphatic rings. The van der Waals surface area contributed by atoms with Gasteiger partial charge in [0.15, 0.2) is 5.60 Å². The highest BCUT2D eigenvalue weighted by Crippen LogP contribution is 2.44. The van der Waals surface area contributed by atoms with Crippen LogP contribution in [0.3, 0.4) is 0 Å². The van der Waals surface area contributed by atoms with Crippen LogP contribution in [0.2, 0.25) is 0 Å². The van der Waals surface area contributed by atoms with E-state index in [9.17, 15) is 4.39 Å². The average Bonchev–Trinajstić information content (AvgIpc) is 2.54. The standard InChI is InChI=1S/C22H32FNO2/c1-7-25-17(3)22(6,26-20-12-8-11-19(23)24-20)15-13-18-16(2)10-9-14-21(18,4)5/h8,11-12H,3,7,9-10,13-15H2,1-2,4-6H3. The van der Waals surface area contributed by atoms with Gasteiger partial charge in [-0.3, -0.25) is 0 Å². The maximum atomic E-state index is 13.5. The molecule has 0 fully saturated rings. The molecule has 1 unspecified atom stereocenters. The van der Waals surface area contributed by atoms with Gasteiger partial charge in [-0.15, -0.1) is 0 Å². The number of rotatable bonds is 8. The molecule has 1 aliphatic carbocycles. The molecule has 2 rings (SSSR count). The Morgan fingerprint density at radius 3 is 2.73 bits per heavy atom. The molecule has 0 aromatic carbocycles. The highest BCUT2D eigenvalue weighted by Gasteiger charge is 2.35.